The second-order valence-electron chi connectivity index (χ2n) is 20.6. The van der Waals surface area contributed by atoms with Gasteiger partial charge in [0.1, 0.15) is 0 Å². The molecule has 0 nitrogen and oxygen atoms in total. The summed E-state index contributed by atoms with van der Waals surface area (Å²) in [6.45, 7) is 17.8. The molecule has 0 amide bonds. The molecule has 83 heavy (non-hydrogen) atoms. The summed E-state index contributed by atoms with van der Waals surface area (Å²) in [6.07, 6.45) is 0. The van der Waals surface area contributed by atoms with E-state index in [1.54, 1.807) is 0 Å². The van der Waals surface area contributed by atoms with Gasteiger partial charge in [-0.05, 0) is 200 Å². The molecule has 0 saturated heterocycles. The first kappa shape index (κ1) is 55.1. The lowest BCUT2D eigenvalue weighted by molar-refractivity contribution is 1.64. The van der Waals surface area contributed by atoms with Gasteiger partial charge in [0.15, 0.2) is 0 Å². The lowest BCUT2D eigenvalue weighted by Gasteiger charge is -1.99. The zero-order valence-corrected chi connectivity index (χ0v) is 58.2. The van der Waals surface area contributed by atoms with E-state index in [9.17, 15) is 0 Å². The van der Waals surface area contributed by atoms with Gasteiger partial charge in [-0.3, -0.25) is 0 Å². The molecule has 15 heterocycles. The Morgan fingerprint density at radius 1 is 0.169 bits per heavy atom. The summed E-state index contributed by atoms with van der Waals surface area (Å²) in [7, 11) is 0. The minimum absolute atomic E-state index is 1.30. The SMILES string of the molecule is Cc1ccc(-c2cc(-c3cc(-c4ccsc4-c4cc(-c5cc(-c6ccc(C)s6)c(-c6ccc(C)s6)s5)c(-c5cc(-c6ccc(C)s6)c(-c6ccc(C)s6)s5)s4)sc3-c3cc(-c4ccc(C)s4)c(-c4ccc(C)s4)s3)sc2-c2ccc(C)s2)s1. The Labute approximate surface area is 544 Å². The fourth-order valence-electron chi connectivity index (χ4n) is 10.5. The third-order valence-electron chi connectivity index (χ3n) is 14.4. The van der Waals surface area contributed by atoms with Gasteiger partial charge in [0.25, 0.3) is 0 Å². The van der Waals surface area contributed by atoms with Crippen LogP contribution in [0, 0.1) is 55.4 Å². The molecular formula is C68H48S15. The Morgan fingerprint density at radius 3 is 0.639 bits per heavy atom. The first-order valence-electron chi connectivity index (χ1n) is 26.8. The zero-order chi connectivity index (χ0) is 56.4. The molecule has 0 saturated carbocycles. The summed E-state index contributed by atoms with van der Waals surface area (Å²) in [5.41, 5.74) is 9.28. The van der Waals surface area contributed by atoms with E-state index in [2.05, 4.69) is 200 Å². The van der Waals surface area contributed by atoms with Crippen LogP contribution in [0.4, 0.5) is 0 Å². The van der Waals surface area contributed by atoms with E-state index in [1.807, 2.05) is 170 Å². The number of hydrogen-bond donors (Lipinski definition) is 0. The number of aryl methyl sites for hydroxylation is 8. The molecule has 0 aromatic carbocycles. The molecule has 15 aromatic heterocycles. The molecule has 15 rings (SSSR count). The maximum absolute atomic E-state index is 2.56. The first-order chi connectivity index (χ1) is 40.3. The maximum Gasteiger partial charge on any atom is 0.0536 e. The largest absolute Gasteiger partial charge is 0.142 e. The highest BCUT2D eigenvalue weighted by Gasteiger charge is 2.29. The monoisotopic (exact) mass is 1340 g/mol. The topological polar surface area (TPSA) is 0 Å². The molecule has 0 aliphatic rings. The van der Waals surface area contributed by atoms with E-state index >= 15 is 0 Å². The van der Waals surface area contributed by atoms with E-state index in [0.29, 0.717) is 0 Å². The van der Waals surface area contributed by atoms with Crippen LogP contribution in [0.2, 0.25) is 0 Å². The van der Waals surface area contributed by atoms with Crippen molar-refractivity contribution in [3.63, 3.8) is 0 Å². The van der Waals surface area contributed by atoms with Crippen LogP contribution < -0.4 is 0 Å². The standard InChI is InChI=1S/C68H48S15/c1-33-9-17-48(70-33)42-27-57(79-63(42)52-21-13-37(5)74-52)46-29-56(78-67(46)60-30-44(50-19-11-35(3)72-50)65(82-60)54-23-15-39(7)76-54)41-25-26-69-62(41)59-32-47(58-28-43(49-18-10-34(2)71-49)64(80-58)53-22-14-38(6)75-53)68(81-59)61-31-45(51-20-12-36(4)73-51)66(83-61)55-24-16-40(8)77-55/h9-32H,1-8H3. The van der Waals surface area contributed by atoms with Gasteiger partial charge < -0.3 is 0 Å². The van der Waals surface area contributed by atoms with Gasteiger partial charge in [0, 0.05) is 146 Å². The molecule has 0 fully saturated rings. The summed E-state index contributed by atoms with van der Waals surface area (Å²) >= 11 is 28.9. The molecule has 0 bridgehead atoms. The van der Waals surface area contributed by atoms with Crippen molar-refractivity contribution in [1.29, 1.82) is 0 Å². The van der Waals surface area contributed by atoms with Crippen LogP contribution in [0.25, 0.3) is 141 Å². The fraction of sp³-hybridized carbons (Fsp3) is 0.118. The van der Waals surface area contributed by atoms with E-state index in [4.69, 9.17) is 0 Å². The van der Waals surface area contributed by atoms with Crippen molar-refractivity contribution in [2.75, 3.05) is 0 Å². The van der Waals surface area contributed by atoms with Gasteiger partial charge in [0.2, 0.25) is 0 Å². The van der Waals surface area contributed by atoms with Crippen LogP contribution in [-0.2, 0) is 0 Å². The van der Waals surface area contributed by atoms with Crippen LogP contribution in [0.15, 0.2) is 145 Å². The third kappa shape index (κ3) is 10.5. The predicted octanol–water partition coefficient (Wildman–Crippen LogP) is 28.4. The summed E-state index contributed by atoms with van der Waals surface area (Å²) in [4.78, 5) is 38.7. The Kier molecular flexibility index (Phi) is 14.8. The Balaban J connectivity index is 0.937. The van der Waals surface area contributed by atoms with Crippen molar-refractivity contribution >= 4 is 170 Å². The van der Waals surface area contributed by atoms with E-state index in [-0.39, 0.29) is 0 Å². The van der Waals surface area contributed by atoms with Crippen molar-refractivity contribution in [3.05, 3.63) is 184 Å². The number of thiophene rings is 15. The summed E-state index contributed by atoms with van der Waals surface area (Å²) in [5.74, 6) is 0. The average Bonchev–Trinajstić information content (AvgIpc) is 4.42. The van der Waals surface area contributed by atoms with Crippen molar-refractivity contribution < 1.29 is 0 Å². The highest BCUT2D eigenvalue weighted by molar-refractivity contribution is 7.32. The van der Waals surface area contributed by atoms with E-state index in [1.165, 1.54) is 180 Å². The second kappa shape index (κ2) is 22.3. The summed E-state index contributed by atoms with van der Waals surface area (Å²) in [6, 6.07) is 54.4. The fourth-order valence-corrected chi connectivity index (χ4v) is 26.9. The first-order valence-corrected chi connectivity index (χ1v) is 39.1. The van der Waals surface area contributed by atoms with Crippen LogP contribution in [0.3, 0.4) is 0 Å². The minimum Gasteiger partial charge on any atom is -0.142 e. The van der Waals surface area contributed by atoms with Crippen molar-refractivity contribution in [2.24, 2.45) is 0 Å². The Hall–Kier alpha value is -4.50. The third-order valence-corrected chi connectivity index (χ3v) is 31.6. The summed E-state index contributed by atoms with van der Waals surface area (Å²) in [5, 5.41) is 2.33. The molecule has 0 N–H and O–H groups in total. The maximum atomic E-state index is 2.56. The van der Waals surface area contributed by atoms with Crippen LogP contribution in [-0.4, -0.2) is 0 Å². The van der Waals surface area contributed by atoms with Crippen LogP contribution >= 0.6 is 170 Å². The van der Waals surface area contributed by atoms with Gasteiger partial charge in [0.05, 0.1) is 34.1 Å². The van der Waals surface area contributed by atoms with Gasteiger partial charge >= 0.3 is 0 Å². The Bertz CT molecular complexity index is 4050. The molecule has 0 unspecified atom stereocenters. The molecule has 15 heteroatoms. The van der Waals surface area contributed by atoms with Gasteiger partial charge in [-0.2, -0.15) is 0 Å². The van der Waals surface area contributed by atoms with Crippen molar-refractivity contribution in [1.82, 2.24) is 0 Å². The van der Waals surface area contributed by atoms with E-state index in [0.717, 1.165) is 0 Å². The van der Waals surface area contributed by atoms with Gasteiger partial charge in [-0.1, -0.05) is 0 Å². The lowest BCUT2D eigenvalue weighted by Crippen LogP contribution is -1.73. The average molecular weight is 1350 g/mol. The van der Waals surface area contributed by atoms with Gasteiger partial charge in [-0.25, -0.2) is 0 Å². The van der Waals surface area contributed by atoms with Crippen molar-refractivity contribution in [2.45, 2.75) is 55.4 Å². The van der Waals surface area contributed by atoms with Crippen molar-refractivity contribution in [3.8, 4) is 141 Å². The highest BCUT2D eigenvalue weighted by Crippen LogP contribution is 2.59. The number of hydrogen-bond acceptors (Lipinski definition) is 15. The zero-order valence-electron chi connectivity index (χ0n) is 46.0. The number of rotatable bonds is 14. The van der Waals surface area contributed by atoms with Crippen LogP contribution in [0.5, 0.6) is 0 Å². The van der Waals surface area contributed by atoms with Crippen LogP contribution in [0.1, 0.15) is 39.0 Å². The summed E-state index contributed by atoms with van der Waals surface area (Å²) < 4.78 is 0. The van der Waals surface area contributed by atoms with Gasteiger partial charge in [-0.15, -0.1) is 170 Å². The Morgan fingerprint density at radius 2 is 0.373 bits per heavy atom. The molecule has 0 radical (unpaired) electrons. The quantitative estimate of drug-likeness (QED) is 0.102. The molecular weight excluding hydrogens is 1300 g/mol. The molecule has 410 valence electrons. The normalized spacial score (nSPS) is 11.9. The molecule has 0 aliphatic carbocycles. The molecule has 0 atom stereocenters. The molecule has 0 aliphatic heterocycles. The highest BCUT2D eigenvalue weighted by atomic mass is 32.2. The lowest BCUT2D eigenvalue weighted by atomic mass is 10.1. The smallest absolute Gasteiger partial charge is 0.0536 e. The second-order valence-corrected chi connectivity index (χ2v) is 38.1. The van der Waals surface area contributed by atoms with E-state index < -0.39 is 0 Å². The predicted molar refractivity (Wildman–Crippen MR) is 389 cm³/mol. The molecule has 0 spiro atoms. The minimum atomic E-state index is 1.30. The molecule has 15 aromatic rings.